The molecule has 2 aliphatic rings. The summed E-state index contributed by atoms with van der Waals surface area (Å²) in [6, 6.07) is 8.53. The van der Waals surface area contributed by atoms with Gasteiger partial charge in [-0.3, -0.25) is 4.31 Å². The van der Waals surface area contributed by atoms with Crippen LogP contribution in [0.3, 0.4) is 0 Å². The van der Waals surface area contributed by atoms with Gasteiger partial charge in [0.25, 0.3) is 0 Å². The van der Waals surface area contributed by atoms with Gasteiger partial charge in [0.2, 0.25) is 0 Å². The maximum absolute atomic E-state index is 2.28. The summed E-state index contributed by atoms with van der Waals surface area (Å²) in [5.74, 6) is 1.09. The molecule has 0 spiro atoms. The molecule has 0 fully saturated rings. The molecule has 64 valence electrons. The van der Waals surface area contributed by atoms with Crippen LogP contribution in [0.5, 0.6) is 0 Å². The van der Waals surface area contributed by atoms with Crippen LogP contribution < -0.4 is 0 Å². The highest BCUT2D eigenvalue weighted by atomic mass is 32.2. The van der Waals surface area contributed by atoms with E-state index in [1.165, 1.54) is 16.8 Å². The number of fused-ring (bicyclic) bond motifs is 3. The monoisotopic (exact) mass is 187 g/mol. The van der Waals surface area contributed by atoms with Gasteiger partial charge in [-0.05, 0) is 29.7 Å². The first kappa shape index (κ1) is 7.27. The number of nitrogens with zero attached hydrogens (tertiary/aromatic N) is 1. The van der Waals surface area contributed by atoms with E-state index in [4.69, 9.17) is 0 Å². The van der Waals surface area contributed by atoms with Crippen LogP contribution in [-0.4, -0.2) is 10.1 Å². The van der Waals surface area contributed by atoms with Crippen molar-refractivity contribution in [1.29, 1.82) is 0 Å². The van der Waals surface area contributed by atoms with E-state index in [0.717, 1.165) is 5.75 Å². The summed E-state index contributed by atoms with van der Waals surface area (Å²) >= 11 is 1.84. The third-order valence-electron chi connectivity index (χ3n) is 2.35. The van der Waals surface area contributed by atoms with Crippen LogP contribution in [-0.2, 0) is 0 Å². The minimum Gasteiger partial charge on any atom is -0.291 e. The Kier molecular flexibility index (Phi) is 1.49. The summed E-state index contributed by atoms with van der Waals surface area (Å²) in [6.45, 7) is 0. The first-order valence-electron chi connectivity index (χ1n) is 4.35. The fourth-order valence-electron chi connectivity index (χ4n) is 1.73. The standard InChI is InChI=1S/C11H9NS/c1-2-4-10-9(3-1)5-7-12-11(10)6-8-13-12/h1-7H,8H2. The van der Waals surface area contributed by atoms with Crippen LogP contribution in [0.25, 0.3) is 11.8 Å². The molecule has 2 aliphatic heterocycles. The van der Waals surface area contributed by atoms with E-state index < -0.39 is 0 Å². The Morgan fingerprint density at radius 3 is 3.15 bits per heavy atom. The molecule has 1 nitrogen and oxygen atoms in total. The molecule has 13 heavy (non-hydrogen) atoms. The summed E-state index contributed by atoms with van der Waals surface area (Å²) in [6.07, 6.45) is 6.60. The summed E-state index contributed by atoms with van der Waals surface area (Å²) in [4.78, 5) is 0. The lowest BCUT2D eigenvalue weighted by atomic mass is 10.0. The Bertz CT molecular complexity index is 406. The summed E-state index contributed by atoms with van der Waals surface area (Å²) in [7, 11) is 0. The minimum absolute atomic E-state index is 1.09. The topological polar surface area (TPSA) is 3.24 Å². The highest BCUT2D eigenvalue weighted by molar-refractivity contribution is 7.97. The zero-order chi connectivity index (χ0) is 8.67. The van der Waals surface area contributed by atoms with E-state index in [2.05, 4.69) is 46.9 Å². The lowest BCUT2D eigenvalue weighted by Crippen LogP contribution is -2.07. The molecule has 0 aromatic heterocycles. The first-order valence-corrected chi connectivity index (χ1v) is 5.29. The van der Waals surface area contributed by atoms with Gasteiger partial charge in [0.15, 0.2) is 0 Å². The van der Waals surface area contributed by atoms with Crippen LogP contribution in [0.2, 0.25) is 0 Å². The van der Waals surface area contributed by atoms with Gasteiger partial charge >= 0.3 is 0 Å². The molecule has 0 atom stereocenters. The molecule has 0 saturated heterocycles. The summed E-state index contributed by atoms with van der Waals surface area (Å²) in [5, 5.41) is 0. The largest absolute Gasteiger partial charge is 0.291 e. The van der Waals surface area contributed by atoms with Gasteiger partial charge in [0, 0.05) is 17.5 Å². The van der Waals surface area contributed by atoms with E-state index in [9.17, 15) is 0 Å². The van der Waals surface area contributed by atoms with E-state index in [-0.39, 0.29) is 0 Å². The lowest BCUT2D eigenvalue weighted by Gasteiger charge is -2.22. The number of benzene rings is 1. The van der Waals surface area contributed by atoms with E-state index in [1.807, 2.05) is 11.9 Å². The minimum atomic E-state index is 1.09. The molecule has 0 radical (unpaired) electrons. The molecule has 0 bridgehead atoms. The molecule has 3 rings (SSSR count). The average Bonchev–Trinajstić information content (AvgIpc) is 2.65. The number of hydrogen-bond acceptors (Lipinski definition) is 2. The average molecular weight is 187 g/mol. The molecule has 1 aromatic rings. The summed E-state index contributed by atoms with van der Waals surface area (Å²) < 4.78 is 2.24. The van der Waals surface area contributed by atoms with Crippen molar-refractivity contribution in [2.45, 2.75) is 0 Å². The zero-order valence-corrected chi connectivity index (χ0v) is 7.92. The van der Waals surface area contributed by atoms with Crippen molar-refractivity contribution in [3.63, 3.8) is 0 Å². The van der Waals surface area contributed by atoms with Gasteiger partial charge in [-0.15, -0.1) is 0 Å². The molecule has 2 heterocycles. The maximum atomic E-state index is 2.28. The van der Waals surface area contributed by atoms with Crippen molar-refractivity contribution in [2.75, 3.05) is 5.75 Å². The van der Waals surface area contributed by atoms with Gasteiger partial charge < -0.3 is 0 Å². The lowest BCUT2D eigenvalue weighted by molar-refractivity contribution is 0.897. The van der Waals surface area contributed by atoms with Crippen LogP contribution in [0, 0.1) is 0 Å². The zero-order valence-electron chi connectivity index (χ0n) is 7.10. The SMILES string of the molecule is C1=CN2SCC=C2c2ccccc21. The number of hydrogen-bond donors (Lipinski definition) is 0. The predicted octanol–water partition coefficient (Wildman–Crippen LogP) is 2.98. The van der Waals surface area contributed by atoms with Gasteiger partial charge in [0.05, 0.1) is 5.70 Å². The normalized spacial score (nSPS) is 18.2. The molecule has 0 amide bonds. The Hall–Kier alpha value is -1.15. The fraction of sp³-hybridized carbons (Fsp3) is 0.0909. The second-order valence-corrected chi connectivity index (χ2v) is 4.10. The van der Waals surface area contributed by atoms with Gasteiger partial charge in [-0.2, -0.15) is 0 Å². The van der Waals surface area contributed by atoms with Gasteiger partial charge in [-0.1, -0.05) is 24.3 Å². The molecule has 0 saturated carbocycles. The highest BCUT2D eigenvalue weighted by Gasteiger charge is 2.20. The highest BCUT2D eigenvalue weighted by Crippen LogP contribution is 2.38. The molecule has 0 N–H and O–H groups in total. The van der Waals surface area contributed by atoms with Crippen molar-refractivity contribution in [1.82, 2.24) is 4.31 Å². The predicted molar refractivity (Wildman–Crippen MR) is 57.8 cm³/mol. The molecule has 2 heteroatoms. The van der Waals surface area contributed by atoms with Crippen molar-refractivity contribution in [3.8, 4) is 0 Å². The third kappa shape index (κ3) is 1.02. The van der Waals surface area contributed by atoms with Crippen molar-refractivity contribution in [2.24, 2.45) is 0 Å². The van der Waals surface area contributed by atoms with Gasteiger partial charge in [0.1, 0.15) is 0 Å². The quantitative estimate of drug-likeness (QED) is 0.574. The summed E-state index contributed by atoms with van der Waals surface area (Å²) in [5.41, 5.74) is 4.03. The van der Waals surface area contributed by atoms with E-state index >= 15 is 0 Å². The molecule has 0 aliphatic carbocycles. The van der Waals surface area contributed by atoms with Crippen LogP contribution in [0.4, 0.5) is 0 Å². The number of rotatable bonds is 0. The van der Waals surface area contributed by atoms with E-state index in [0.29, 0.717) is 0 Å². The molecular weight excluding hydrogens is 178 g/mol. The molecule has 0 unspecified atom stereocenters. The molecule has 1 aromatic carbocycles. The smallest absolute Gasteiger partial charge is 0.0565 e. The van der Waals surface area contributed by atoms with Crippen LogP contribution >= 0.6 is 11.9 Å². The Morgan fingerprint density at radius 2 is 2.15 bits per heavy atom. The van der Waals surface area contributed by atoms with Gasteiger partial charge in [-0.25, -0.2) is 0 Å². The fourth-order valence-corrected chi connectivity index (χ4v) is 2.58. The van der Waals surface area contributed by atoms with Crippen LogP contribution in [0.1, 0.15) is 11.1 Å². The van der Waals surface area contributed by atoms with Crippen LogP contribution in [0.15, 0.2) is 36.5 Å². The first-order chi connectivity index (χ1) is 6.45. The van der Waals surface area contributed by atoms with Crippen molar-refractivity contribution >= 4 is 23.7 Å². The van der Waals surface area contributed by atoms with Crippen molar-refractivity contribution in [3.05, 3.63) is 47.7 Å². The molecular formula is C11H9NS. The van der Waals surface area contributed by atoms with E-state index in [1.54, 1.807) is 0 Å². The Labute approximate surface area is 81.9 Å². The maximum Gasteiger partial charge on any atom is 0.0565 e. The second-order valence-electron chi connectivity index (χ2n) is 3.11. The Balaban J connectivity index is 2.23. The Morgan fingerprint density at radius 1 is 1.23 bits per heavy atom. The van der Waals surface area contributed by atoms with Crippen molar-refractivity contribution < 1.29 is 0 Å². The third-order valence-corrected chi connectivity index (χ3v) is 3.27. The second kappa shape index (κ2) is 2.67.